The summed E-state index contributed by atoms with van der Waals surface area (Å²) in [6.45, 7) is 5.91. The summed E-state index contributed by atoms with van der Waals surface area (Å²) in [5, 5.41) is 0. The van der Waals surface area contributed by atoms with Crippen LogP contribution < -0.4 is 9.64 Å². The number of carbonyl (C=O) groups excluding carboxylic acids is 1. The molecule has 0 bridgehead atoms. The number of benzene rings is 3. The van der Waals surface area contributed by atoms with E-state index >= 15 is 0 Å². The van der Waals surface area contributed by atoms with Gasteiger partial charge in [-0.05, 0) is 55.4 Å². The minimum Gasteiger partial charge on any atom is -0.482 e. The van der Waals surface area contributed by atoms with E-state index in [1.165, 1.54) is 17.8 Å². The number of ether oxygens (including phenoxy) is 2. The molecule has 6 nitrogen and oxygen atoms in total. The van der Waals surface area contributed by atoms with Gasteiger partial charge in [-0.2, -0.15) is 13.2 Å². The minimum absolute atomic E-state index is 0.111. The number of hydrogen-bond acceptors (Lipinski definition) is 7. The van der Waals surface area contributed by atoms with Gasteiger partial charge in [-0.25, -0.2) is 4.79 Å². The lowest BCUT2D eigenvalue weighted by Crippen LogP contribution is -2.47. The molecule has 2 heterocycles. The van der Waals surface area contributed by atoms with E-state index < -0.39 is 11.7 Å². The quantitative estimate of drug-likeness (QED) is 0.279. The molecule has 10 heteroatoms. The van der Waals surface area contributed by atoms with Crippen LogP contribution in [0.15, 0.2) is 82.6 Å². The summed E-state index contributed by atoms with van der Waals surface area (Å²) in [7, 11) is 0. The molecule has 0 spiro atoms. The van der Waals surface area contributed by atoms with Gasteiger partial charge in [-0.3, -0.25) is 4.90 Å². The second-order valence-electron chi connectivity index (χ2n) is 9.76. The van der Waals surface area contributed by atoms with E-state index in [1.54, 1.807) is 18.2 Å². The van der Waals surface area contributed by atoms with Gasteiger partial charge in [0, 0.05) is 49.1 Å². The molecule has 0 unspecified atom stereocenters. The van der Waals surface area contributed by atoms with Gasteiger partial charge in [0.25, 0.3) is 0 Å². The summed E-state index contributed by atoms with van der Waals surface area (Å²) >= 11 is 1.51. The van der Waals surface area contributed by atoms with Gasteiger partial charge in [-0.15, -0.1) is 0 Å². The smallest absolute Gasteiger partial charge is 0.416 e. The Morgan fingerprint density at radius 2 is 1.48 bits per heavy atom. The summed E-state index contributed by atoms with van der Waals surface area (Å²) in [4.78, 5) is 20.5. The van der Waals surface area contributed by atoms with Crippen molar-refractivity contribution in [3.05, 3.63) is 78.4 Å². The highest BCUT2D eigenvalue weighted by molar-refractivity contribution is 7.99. The molecule has 212 valence electrons. The van der Waals surface area contributed by atoms with Crippen LogP contribution in [-0.4, -0.2) is 74.8 Å². The van der Waals surface area contributed by atoms with Crippen LogP contribution in [0.5, 0.6) is 5.75 Å². The minimum atomic E-state index is -4.38. The zero-order chi connectivity index (χ0) is 28.0. The van der Waals surface area contributed by atoms with E-state index in [9.17, 15) is 18.0 Å². The fourth-order valence-corrected chi connectivity index (χ4v) is 6.00. The van der Waals surface area contributed by atoms with Gasteiger partial charge in [-0.1, -0.05) is 42.1 Å². The predicted molar refractivity (Wildman–Crippen MR) is 149 cm³/mol. The lowest BCUT2D eigenvalue weighted by atomic mass is 10.1. The van der Waals surface area contributed by atoms with Crippen LogP contribution in [0.2, 0.25) is 0 Å². The molecule has 0 saturated carbocycles. The zero-order valence-electron chi connectivity index (χ0n) is 22.1. The number of nitrogens with zero attached hydrogens (tertiary/aromatic N) is 3. The van der Waals surface area contributed by atoms with Crippen LogP contribution in [0.3, 0.4) is 0 Å². The molecule has 1 saturated heterocycles. The molecular weight excluding hydrogens is 539 g/mol. The number of esters is 1. The molecule has 3 aromatic rings. The van der Waals surface area contributed by atoms with E-state index in [0.717, 1.165) is 60.7 Å². The lowest BCUT2D eigenvalue weighted by Gasteiger charge is -2.36. The highest BCUT2D eigenvalue weighted by atomic mass is 32.2. The summed E-state index contributed by atoms with van der Waals surface area (Å²) in [5.41, 5.74) is 0.946. The first kappa shape index (κ1) is 28.3. The van der Waals surface area contributed by atoms with Crippen molar-refractivity contribution in [1.82, 2.24) is 9.80 Å². The Bertz CT molecular complexity index is 1280. The first-order chi connectivity index (χ1) is 19.4. The summed E-state index contributed by atoms with van der Waals surface area (Å²) in [5.74, 6) is 0.248. The second kappa shape index (κ2) is 13.0. The third-order valence-corrected chi connectivity index (χ3v) is 8.17. The summed E-state index contributed by atoms with van der Waals surface area (Å²) < 4.78 is 51.1. The zero-order valence-corrected chi connectivity index (χ0v) is 22.9. The summed E-state index contributed by atoms with van der Waals surface area (Å²) in [6, 6.07) is 21.1. The number of alkyl halides is 3. The van der Waals surface area contributed by atoms with Crippen LogP contribution in [-0.2, 0) is 15.7 Å². The molecule has 5 rings (SSSR count). The first-order valence-corrected chi connectivity index (χ1v) is 14.2. The van der Waals surface area contributed by atoms with Gasteiger partial charge in [0.1, 0.15) is 12.4 Å². The number of piperazine rings is 1. The molecule has 2 aliphatic rings. The van der Waals surface area contributed by atoms with Gasteiger partial charge < -0.3 is 19.3 Å². The van der Waals surface area contributed by atoms with Crippen molar-refractivity contribution in [2.45, 2.75) is 22.4 Å². The van der Waals surface area contributed by atoms with Crippen LogP contribution in [0.1, 0.15) is 12.0 Å². The third-order valence-electron chi connectivity index (χ3n) is 7.04. The Morgan fingerprint density at radius 3 is 2.23 bits per heavy atom. The van der Waals surface area contributed by atoms with Crippen LogP contribution in [0, 0.1) is 0 Å². The van der Waals surface area contributed by atoms with Crippen molar-refractivity contribution in [2.24, 2.45) is 0 Å². The van der Waals surface area contributed by atoms with Gasteiger partial charge >= 0.3 is 12.1 Å². The average Bonchev–Trinajstić information content (AvgIpc) is 2.96. The molecule has 1 fully saturated rings. The molecular formula is C30H32F3N3O3S. The molecule has 3 aromatic carbocycles. The topological polar surface area (TPSA) is 45.3 Å². The van der Waals surface area contributed by atoms with Crippen LogP contribution >= 0.6 is 11.8 Å². The number of carbonyl (C=O) groups is 1. The number of hydrogen-bond donors (Lipinski definition) is 0. The number of para-hydroxylation sites is 2. The predicted octanol–water partition coefficient (Wildman–Crippen LogP) is 5.94. The van der Waals surface area contributed by atoms with Crippen molar-refractivity contribution < 1.29 is 27.4 Å². The number of rotatable bonds is 10. The second-order valence-corrected chi connectivity index (χ2v) is 10.8. The Labute approximate surface area is 236 Å². The average molecular weight is 572 g/mol. The number of fused-ring (bicyclic) bond motifs is 2. The molecule has 0 radical (unpaired) electrons. The van der Waals surface area contributed by atoms with E-state index in [0.29, 0.717) is 31.1 Å². The monoisotopic (exact) mass is 571 g/mol. The van der Waals surface area contributed by atoms with Gasteiger partial charge in [0.15, 0.2) is 6.61 Å². The van der Waals surface area contributed by atoms with Crippen LogP contribution in [0.4, 0.5) is 24.5 Å². The van der Waals surface area contributed by atoms with E-state index in [-0.39, 0.29) is 12.6 Å². The van der Waals surface area contributed by atoms with Crippen molar-refractivity contribution >= 4 is 29.1 Å². The molecule has 2 aliphatic heterocycles. The van der Waals surface area contributed by atoms with Crippen molar-refractivity contribution in [2.75, 3.05) is 63.9 Å². The maximum Gasteiger partial charge on any atom is 0.416 e. The number of anilines is 2. The molecule has 40 heavy (non-hydrogen) atoms. The maximum absolute atomic E-state index is 13.5. The molecule has 0 atom stereocenters. The standard InChI is InChI=1S/C30H32F3N3O3S/c31-30(32,33)23-11-12-28-26(21-23)36(25-9-4-5-10-27(25)40-28)14-6-13-34-15-17-35(18-16-34)19-20-38-29(37)22-39-24-7-2-1-3-8-24/h1-5,7-12,21H,6,13-20,22H2. The van der Waals surface area contributed by atoms with E-state index in [1.807, 2.05) is 47.4 Å². The van der Waals surface area contributed by atoms with E-state index in [2.05, 4.69) is 9.80 Å². The van der Waals surface area contributed by atoms with E-state index in [4.69, 9.17) is 9.47 Å². The van der Waals surface area contributed by atoms with Crippen molar-refractivity contribution in [1.29, 1.82) is 0 Å². The maximum atomic E-state index is 13.5. The Morgan fingerprint density at radius 1 is 0.800 bits per heavy atom. The molecule has 0 aromatic heterocycles. The largest absolute Gasteiger partial charge is 0.482 e. The molecule has 0 aliphatic carbocycles. The summed E-state index contributed by atoms with van der Waals surface area (Å²) in [6.07, 6.45) is -3.55. The van der Waals surface area contributed by atoms with Gasteiger partial charge in [0.05, 0.1) is 16.9 Å². The lowest BCUT2D eigenvalue weighted by molar-refractivity contribution is -0.146. The van der Waals surface area contributed by atoms with Crippen molar-refractivity contribution in [3.63, 3.8) is 0 Å². The molecule has 0 N–H and O–H groups in total. The Balaban J connectivity index is 1.06. The fraction of sp³-hybridized carbons (Fsp3) is 0.367. The van der Waals surface area contributed by atoms with Crippen molar-refractivity contribution in [3.8, 4) is 5.75 Å². The first-order valence-electron chi connectivity index (χ1n) is 13.4. The SMILES string of the molecule is O=C(COc1ccccc1)OCCN1CCN(CCCN2c3ccccc3Sc3ccc(C(F)(F)F)cc32)CC1. The number of halogens is 3. The Kier molecular flexibility index (Phi) is 9.18. The highest BCUT2D eigenvalue weighted by Crippen LogP contribution is 2.49. The fourth-order valence-electron chi connectivity index (χ4n) is 4.92. The normalized spacial score (nSPS) is 15.8. The molecule has 0 amide bonds. The highest BCUT2D eigenvalue weighted by Gasteiger charge is 2.33. The van der Waals surface area contributed by atoms with Gasteiger partial charge in [0.2, 0.25) is 0 Å². The van der Waals surface area contributed by atoms with Crippen LogP contribution in [0.25, 0.3) is 0 Å². The third kappa shape index (κ3) is 7.30. The Hall–Kier alpha value is -3.21.